The van der Waals surface area contributed by atoms with Crippen molar-refractivity contribution in [1.29, 1.82) is 0 Å². The third-order valence-corrected chi connectivity index (χ3v) is 5.03. The second-order valence-corrected chi connectivity index (χ2v) is 6.37. The molecule has 7 heteroatoms. The number of aromatic nitrogens is 4. The highest BCUT2D eigenvalue weighted by Crippen LogP contribution is 2.31. The summed E-state index contributed by atoms with van der Waals surface area (Å²) in [6, 6.07) is 4.07. The molecule has 1 fully saturated rings. The van der Waals surface area contributed by atoms with Gasteiger partial charge >= 0.3 is 0 Å². The summed E-state index contributed by atoms with van der Waals surface area (Å²) in [5.74, 6) is 0.325. The van der Waals surface area contributed by atoms with E-state index in [0.29, 0.717) is 18.7 Å². The smallest absolute Gasteiger partial charge is 0.210 e. The minimum Gasteiger partial charge on any atom is -0.298 e. The van der Waals surface area contributed by atoms with Crippen molar-refractivity contribution in [2.75, 3.05) is 0 Å². The molecule has 0 amide bonds. The first kappa shape index (κ1) is 11.9. The zero-order chi connectivity index (χ0) is 12.4. The van der Waals surface area contributed by atoms with Gasteiger partial charge in [-0.3, -0.25) is 4.79 Å². The van der Waals surface area contributed by atoms with E-state index in [-0.39, 0.29) is 5.25 Å². The Labute approximate surface area is 113 Å². The van der Waals surface area contributed by atoms with Crippen molar-refractivity contribution in [1.82, 2.24) is 20.2 Å². The second-order valence-electron chi connectivity index (χ2n) is 4.16. The fourth-order valence-corrected chi connectivity index (χ4v) is 3.75. The Hall–Kier alpha value is -1.21. The number of thiophene rings is 1. The third-order valence-electron chi connectivity index (χ3n) is 2.88. The molecule has 3 rings (SSSR count). The number of thioether (sulfide) groups is 1. The van der Waals surface area contributed by atoms with E-state index >= 15 is 0 Å². The lowest BCUT2D eigenvalue weighted by atomic mass is 10.3. The van der Waals surface area contributed by atoms with Crippen LogP contribution in [0, 0.1) is 0 Å². The summed E-state index contributed by atoms with van der Waals surface area (Å²) in [5.41, 5.74) is 0. The molecule has 1 unspecified atom stereocenters. The number of carbonyl (C=O) groups is 1. The SMILES string of the molecule is O=C1CCCC1Sc1nnnn1Cc1cccs1. The summed E-state index contributed by atoms with van der Waals surface area (Å²) in [4.78, 5) is 12.8. The average molecular weight is 280 g/mol. The Morgan fingerprint density at radius 2 is 2.50 bits per heavy atom. The molecule has 18 heavy (non-hydrogen) atoms. The zero-order valence-electron chi connectivity index (χ0n) is 9.65. The molecule has 2 aromatic rings. The first-order valence-electron chi connectivity index (χ1n) is 5.81. The van der Waals surface area contributed by atoms with E-state index in [1.165, 1.54) is 16.6 Å². The number of ketones is 1. The van der Waals surface area contributed by atoms with Crippen LogP contribution in [0.1, 0.15) is 24.1 Å². The van der Waals surface area contributed by atoms with Crippen molar-refractivity contribution in [2.24, 2.45) is 0 Å². The van der Waals surface area contributed by atoms with Crippen molar-refractivity contribution in [3.63, 3.8) is 0 Å². The molecular formula is C11H12N4OS2. The third kappa shape index (κ3) is 2.46. The summed E-state index contributed by atoms with van der Waals surface area (Å²) in [7, 11) is 0. The minimum atomic E-state index is 0.0399. The first-order chi connectivity index (χ1) is 8.83. The average Bonchev–Trinajstić information content (AvgIpc) is 3.06. The lowest BCUT2D eigenvalue weighted by molar-refractivity contribution is -0.116. The van der Waals surface area contributed by atoms with Crippen molar-refractivity contribution in [3.8, 4) is 0 Å². The van der Waals surface area contributed by atoms with Gasteiger partial charge in [-0.25, -0.2) is 4.68 Å². The summed E-state index contributed by atoms with van der Waals surface area (Å²) in [6.45, 7) is 0.675. The van der Waals surface area contributed by atoms with Gasteiger partial charge in [0, 0.05) is 11.3 Å². The summed E-state index contributed by atoms with van der Waals surface area (Å²) in [6.07, 6.45) is 2.63. The van der Waals surface area contributed by atoms with Gasteiger partial charge in [0.1, 0.15) is 5.78 Å². The molecule has 2 heterocycles. The van der Waals surface area contributed by atoms with Gasteiger partial charge in [0.2, 0.25) is 5.16 Å². The van der Waals surface area contributed by atoms with E-state index in [1.807, 2.05) is 11.4 Å². The predicted octanol–water partition coefficient (Wildman–Crippen LogP) is 2.00. The lowest BCUT2D eigenvalue weighted by Crippen LogP contribution is -2.11. The molecule has 1 aliphatic carbocycles. The molecule has 1 atom stereocenters. The van der Waals surface area contributed by atoms with Crippen LogP contribution in [-0.4, -0.2) is 31.2 Å². The molecule has 0 radical (unpaired) electrons. The van der Waals surface area contributed by atoms with E-state index in [0.717, 1.165) is 18.0 Å². The van der Waals surface area contributed by atoms with E-state index in [2.05, 4.69) is 21.6 Å². The van der Waals surface area contributed by atoms with Gasteiger partial charge in [0.15, 0.2) is 0 Å². The maximum absolute atomic E-state index is 11.6. The highest BCUT2D eigenvalue weighted by molar-refractivity contribution is 8.00. The maximum Gasteiger partial charge on any atom is 0.210 e. The van der Waals surface area contributed by atoms with E-state index in [1.54, 1.807) is 16.0 Å². The highest BCUT2D eigenvalue weighted by atomic mass is 32.2. The van der Waals surface area contributed by atoms with Crippen molar-refractivity contribution < 1.29 is 4.79 Å². The van der Waals surface area contributed by atoms with Crippen LogP contribution in [0.5, 0.6) is 0 Å². The molecule has 0 saturated heterocycles. The van der Waals surface area contributed by atoms with Crippen LogP contribution >= 0.6 is 23.1 Å². The predicted molar refractivity (Wildman–Crippen MR) is 69.7 cm³/mol. The number of Topliss-reactive ketones (excluding diaryl/α,β-unsaturated/α-hetero) is 1. The van der Waals surface area contributed by atoms with Crippen LogP contribution in [0.2, 0.25) is 0 Å². The van der Waals surface area contributed by atoms with Crippen molar-refractivity contribution >= 4 is 28.9 Å². The molecule has 0 bridgehead atoms. The largest absolute Gasteiger partial charge is 0.298 e. The normalized spacial score (nSPS) is 19.6. The van der Waals surface area contributed by atoms with Gasteiger partial charge in [0.05, 0.1) is 11.8 Å². The van der Waals surface area contributed by atoms with Gasteiger partial charge in [0.25, 0.3) is 0 Å². The summed E-state index contributed by atoms with van der Waals surface area (Å²) >= 11 is 3.18. The van der Waals surface area contributed by atoms with Crippen LogP contribution in [0.3, 0.4) is 0 Å². The van der Waals surface area contributed by atoms with Crippen LogP contribution in [0.4, 0.5) is 0 Å². The van der Waals surface area contributed by atoms with E-state index in [4.69, 9.17) is 0 Å². The van der Waals surface area contributed by atoms with E-state index < -0.39 is 0 Å². The van der Waals surface area contributed by atoms with Gasteiger partial charge in [-0.2, -0.15) is 0 Å². The molecular weight excluding hydrogens is 268 g/mol. The number of carbonyl (C=O) groups excluding carboxylic acids is 1. The standard InChI is InChI=1S/C11H12N4OS2/c16-9-4-1-5-10(9)18-11-12-13-14-15(11)7-8-3-2-6-17-8/h2-3,6,10H,1,4-5,7H2. The van der Waals surface area contributed by atoms with Crippen LogP contribution < -0.4 is 0 Å². The number of tetrazole rings is 1. The summed E-state index contributed by atoms with van der Waals surface area (Å²) < 4.78 is 1.77. The molecule has 0 aliphatic heterocycles. The molecule has 1 saturated carbocycles. The van der Waals surface area contributed by atoms with Crippen molar-refractivity contribution in [2.45, 2.75) is 36.2 Å². The first-order valence-corrected chi connectivity index (χ1v) is 7.57. The number of hydrogen-bond acceptors (Lipinski definition) is 6. The number of hydrogen-bond donors (Lipinski definition) is 0. The van der Waals surface area contributed by atoms with Gasteiger partial charge in [-0.05, 0) is 34.7 Å². The molecule has 5 nitrogen and oxygen atoms in total. The van der Waals surface area contributed by atoms with Crippen LogP contribution in [0.15, 0.2) is 22.7 Å². The van der Waals surface area contributed by atoms with Crippen molar-refractivity contribution in [3.05, 3.63) is 22.4 Å². The van der Waals surface area contributed by atoms with Crippen LogP contribution in [-0.2, 0) is 11.3 Å². The number of rotatable bonds is 4. The van der Waals surface area contributed by atoms with Gasteiger partial charge in [-0.1, -0.05) is 17.8 Å². The Morgan fingerprint density at radius 3 is 3.22 bits per heavy atom. The number of nitrogens with zero attached hydrogens (tertiary/aromatic N) is 4. The van der Waals surface area contributed by atoms with Gasteiger partial charge in [-0.15, -0.1) is 16.4 Å². The fourth-order valence-electron chi connectivity index (χ4n) is 1.97. The monoisotopic (exact) mass is 280 g/mol. The molecule has 94 valence electrons. The Bertz CT molecular complexity index is 537. The Morgan fingerprint density at radius 1 is 1.56 bits per heavy atom. The molecule has 2 aromatic heterocycles. The molecule has 0 spiro atoms. The maximum atomic E-state index is 11.6. The quantitative estimate of drug-likeness (QED) is 0.857. The minimum absolute atomic E-state index is 0.0399. The fraction of sp³-hybridized carbons (Fsp3) is 0.455. The highest BCUT2D eigenvalue weighted by Gasteiger charge is 2.27. The lowest BCUT2D eigenvalue weighted by Gasteiger charge is -2.06. The Balaban J connectivity index is 1.73. The van der Waals surface area contributed by atoms with Gasteiger partial charge < -0.3 is 0 Å². The molecule has 0 N–H and O–H groups in total. The Kier molecular flexibility index (Phi) is 3.42. The van der Waals surface area contributed by atoms with E-state index in [9.17, 15) is 4.79 Å². The van der Waals surface area contributed by atoms with Crippen LogP contribution in [0.25, 0.3) is 0 Å². The molecule has 0 aromatic carbocycles. The topological polar surface area (TPSA) is 60.7 Å². The summed E-state index contributed by atoms with van der Waals surface area (Å²) in [5, 5.41) is 14.5. The zero-order valence-corrected chi connectivity index (χ0v) is 11.3. The second kappa shape index (κ2) is 5.19. The molecule has 1 aliphatic rings.